The van der Waals surface area contributed by atoms with Gasteiger partial charge in [0.1, 0.15) is 0 Å². The lowest BCUT2D eigenvalue weighted by Gasteiger charge is -2.13. The summed E-state index contributed by atoms with van der Waals surface area (Å²) in [6.45, 7) is 0.530. The number of amides is 2. The van der Waals surface area contributed by atoms with E-state index in [2.05, 4.69) is 28.1 Å². The molecule has 1 saturated heterocycles. The van der Waals surface area contributed by atoms with Gasteiger partial charge in [0.25, 0.3) is 0 Å². The zero-order chi connectivity index (χ0) is 18.4. The van der Waals surface area contributed by atoms with Crippen LogP contribution in [0, 0.1) is 0 Å². The molecule has 7 heteroatoms. The van der Waals surface area contributed by atoms with Gasteiger partial charge < -0.3 is 21.7 Å². The monoisotopic (exact) mass is 388 g/mol. The lowest BCUT2D eigenvalue weighted by Crippen LogP contribution is -2.39. The Morgan fingerprint density at radius 2 is 1.70 bits per heavy atom. The molecule has 5 N–H and O–H groups in total. The van der Waals surface area contributed by atoms with Gasteiger partial charge in [-0.1, -0.05) is 42.5 Å². The van der Waals surface area contributed by atoms with Crippen LogP contribution in [0.3, 0.4) is 0 Å². The fourth-order valence-electron chi connectivity index (χ4n) is 3.10. The fourth-order valence-corrected chi connectivity index (χ4v) is 3.10. The molecule has 0 radical (unpaired) electrons. The maximum absolute atomic E-state index is 12.4. The smallest absolute Gasteiger partial charge is 0.241 e. The summed E-state index contributed by atoms with van der Waals surface area (Å²) in [7, 11) is 0. The summed E-state index contributed by atoms with van der Waals surface area (Å²) in [4.78, 5) is 23.7. The normalized spacial score (nSPS) is 18.4. The minimum Gasteiger partial charge on any atom is -0.351 e. The molecule has 1 aliphatic rings. The van der Waals surface area contributed by atoms with Gasteiger partial charge >= 0.3 is 0 Å². The van der Waals surface area contributed by atoms with Crippen LogP contribution in [0.2, 0.25) is 0 Å². The van der Waals surface area contributed by atoms with Gasteiger partial charge in [0.05, 0.1) is 12.6 Å². The topological polar surface area (TPSA) is 96.2 Å². The molecule has 6 nitrogen and oxygen atoms in total. The maximum Gasteiger partial charge on any atom is 0.241 e. The molecule has 0 spiro atoms. The molecule has 0 saturated carbocycles. The highest BCUT2D eigenvalue weighted by molar-refractivity contribution is 5.95. The van der Waals surface area contributed by atoms with E-state index in [-0.39, 0.29) is 42.8 Å². The van der Waals surface area contributed by atoms with Crippen molar-refractivity contribution in [1.29, 1.82) is 0 Å². The van der Waals surface area contributed by atoms with Crippen LogP contribution in [0.25, 0.3) is 0 Å². The number of nitrogens with one attached hydrogen (secondary N) is 3. The number of benzene rings is 2. The van der Waals surface area contributed by atoms with Gasteiger partial charge in [0, 0.05) is 18.3 Å². The first kappa shape index (κ1) is 20.9. The van der Waals surface area contributed by atoms with Crippen molar-refractivity contribution in [3.63, 3.8) is 0 Å². The minimum absolute atomic E-state index is 0. The van der Waals surface area contributed by atoms with E-state index in [9.17, 15) is 9.59 Å². The Hall–Kier alpha value is -2.41. The summed E-state index contributed by atoms with van der Waals surface area (Å²) in [5.74, 6) is -0.294. The molecule has 144 valence electrons. The maximum atomic E-state index is 12.4. The van der Waals surface area contributed by atoms with Crippen molar-refractivity contribution in [2.75, 3.05) is 18.4 Å². The number of anilines is 1. The van der Waals surface area contributed by atoms with Crippen LogP contribution in [0.1, 0.15) is 17.5 Å². The highest BCUT2D eigenvalue weighted by Crippen LogP contribution is 2.15. The highest BCUT2D eigenvalue weighted by Gasteiger charge is 2.30. The summed E-state index contributed by atoms with van der Waals surface area (Å²) in [5.41, 5.74) is 8.51. The predicted octanol–water partition coefficient (Wildman–Crippen LogP) is 1.44. The van der Waals surface area contributed by atoms with Crippen LogP contribution in [0.4, 0.5) is 5.69 Å². The average Bonchev–Trinajstić information content (AvgIpc) is 3.12. The first-order chi connectivity index (χ1) is 12.6. The first-order valence-corrected chi connectivity index (χ1v) is 8.80. The minimum atomic E-state index is -0.318. The molecule has 1 heterocycles. The van der Waals surface area contributed by atoms with E-state index < -0.39 is 0 Å². The Morgan fingerprint density at radius 1 is 1.04 bits per heavy atom. The van der Waals surface area contributed by atoms with E-state index in [4.69, 9.17) is 5.73 Å². The van der Waals surface area contributed by atoms with Crippen molar-refractivity contribution < 1.29 is 9.59 Å². The third-order valence-electron chi connectivity index (χ3n) is 4.47. The summed E-state index contributed by atoms with van der Waals surface area (Å²) >= 11 is 0. The molecule has 2 aromatic carbocycles. The van der Waals surface area contributed by atoms with Crippen LogP contribution in [0.5, 0.6) is 0 Å². The van der Waals surface area contributed by atoms with E-state index in [1.807, 2.05) is 42.5 Å². The molecule has 1 fully saturated rings. The fraction of sp³-hybridized carbons (Fsp3) is 0.300. The standard InChI is InChI=1S/C20H24N4O2.ClH/c21-12-19(25)23-17-11-18(22-13-17)20(26)24-16-8-6-15(7-9-16)10-14-4-2-1-3-5-14;/h1-9,17-18,22H,10-13,21H2,(H,23,25)(H,24,26);1H/t17?,18-;/m0./s1. The number of hydrogen-bond acceptors (Lipinski definition) is 4. The molecule has 0 aliphatic carbocycles. The number of halogens is 1. The number of nitrogens with two attached hydrogens (primary N) is 1. The molecule has 3 rings (SSSR count). The average molecular weight is 389 g/mol. The van der Waals surface area contributed by atoms with Crippen LogP contribution in [-0.4, -0.2) is 37.0 Å². The molecular formula is C20H25ClN4O2. The Balaban J connectivity index is 0.00000261. The molecule has 2 amide bonds. The molecule has 2 aromatic rings. The molecule has 2 atom stereocenters. The molecular weight excluding hydrogens is 364 g/mol. The summed E-state index contributed by atoms with van der Waals surface area (Å²) in [6.07, 6.45) is 1.42. The van der Waals surface area contributed by atoms with Crippen LogP contribution < -0.4 is 21.7 Å². The van der Waals surface area contributed by atoms with Gasteiger partial charge in [-0.3, -0.25) is 9.59 Å². The Morgan fingerprint density at radius 3 is 2.37 bits per heavy atom. The molecule has 1 aliphatic heterocycles. The van der Waals surface area contributed by atoms with E-state index in [1.54, 1.807) is 0 Å². The van der Waals surface area contributed by atoms with Crippen molar-refractivity contribution in [3.8, 4) is 0 Å². The van der Waals surface area contributed by atoms with E-state index in [1.165, 1.54) is 11.1 Å². The Labute approximate surface area is 165 Å². The van der Waals surface area contributed by atoms with Crippen LogP contribution in [0.15, 0.2) is 54.6 Å². The third kappa shape index (κ3) is 6.06. The van der Waals surface area contributed by atoms with Crippen LogP contribution >= 0.6 is 12.4 Å². The van der Waals surface area contributed by atoms with Gasteiger partial charge in [-0.25, -0.2) is 0 Å². The Kier molecular flexibility index (Phi) is 7.79. The quantitative estimate of drug-likeness (QED) is 0.602. The summed E-state index contributed by atoms with van der Waals surface area (Å²) in [6, 6.07) is 17.8. The lowest BCUT2D eigenvalue weighted by molar-refractivity contribution is -0.121. The van der Waals surface area contributed by atoms with Crippen molar-refractivity contribution in [2.45, 2.75) is 24.9 Å². The SMILES string of the molecule is Cl.NCC(=O)NC1CN[C@H](C(=O)Nc2ccc(Cc3ccccc3)cc2)C1. The lowest BCUT2D eigenvalue weighted by atomic mass is 10.0. The number of carbonyl (C=O) groups excluding carboxylic acids is 2. The van der Waals surface area contributed by atoms with E-state index in [0.29, 0.717) is 13.0 Å². The van der Waals surface area contributed by atoms with E-state index >= 15 is 0 Å². The second-order valence-corrected chi connectivity index (χ2v) is 6.51. The largest absolute Gasteiger partial charge is 0.351 e. The van der Waals surface area contributed by atoms with Crippen molar-refractivity contribution in [1.82, 2.24) is 10.6 Å². The first-order valence-electron chi connectivity index (χ1n) is 8.80. The summed E-state index contributed by atoms with van der Waals surface area (Å²) < 4.78 is 0. The number of hydrogen-bond donors (Lipinski definition) is 4. The third-order valence-corrected chi connectivity index (χ3v) is 4.47. The highest BCUT2D eigenvalue weighted by atomic mass is 35.5. The molecule has 1 unspecified atom stereocenters. The van der Waals surface area contributed by atoms with Gasteiger partial charge in [-0.2, -0.15) is 0 Å². The van der Waals surface area contributed by atoms with Crippen LogP contribution in [-0.2, 0) is 16.0 Å². The Bertz CT molecular complexity index is 752. The number of carbonyl (C=O) groups is 2. The molecule has 0 aromatic heterocycles. The second kappa shape index (κ2) is 10.1. The van der Waals surface area contributed by atoms with Gasteiger partial charge in [0.2, 0.25) is 11.8 Å². The zero-order valence-electron chi connectivity index (χ0n) is 15.0. The molecule has 0 bridgehead atoms. The number of rotatable bonds is 6. The predicted molar refractivity (Wildman–Crippen MR) is 109 cm³/mol. The van der Waals surface area contributed by atoms with E-state index in [0.717, 1.165) is 12.1 Å². The van der Waals surface area contributed by atoms with Crippen molar-refractivity contribution in [2.24, 2.45) is 5.73 Å². The molecule has 27 heavy (non-hydrogen) atoms. The van der Waals surface area contributed by atoms with Crippen molar-refractivity contribution >= 4 is 29.9 Å². The van der Waals surface area contributed by atoms with Gasteiger partial charge in [-0.05, 0) is 36.1 Å². The van der Waals surface area contributed by atoms with Gasteiger partial charge in [-0.15, -0.1) is 12.4 Å². The van der Waals surface area contributed by atoms with Gasteiger partial charge in [0.15, 0.2) is 0 Å². The van der Waals surface area contributed by atoms with Crippen molar-refractivity contribution in [3.05, 3.63) is 65.7 Å². The summed E-state index contributed by atoms with van der Waals surface area (Å²) in [5, 5.41) is 8.86. The zero-order valence-corrected chi connectivity index (χ0v) is 15.8. The second-order valence-electron chi connectivity index (χ2n) is 6.51.